The fraction of sp³-hybridized carbons (Fsp3) is 0.429. The second-order valence-electron chi connectivity index (χ2n) is 7.38. The largest absolute Gasteiger partial charge is 0.322 e. The number of benzene rings is 1. The molecule has 1 aromatic carbocycles. The van der Waals surface area contributed by atoms with Gasteiger partial charge >= 0.3 is 0 Å². The summed E-state index contributed by atoms with van der Waals surface area (Å²) < 4.78 is 29.2. The van der Waals surface area contributed by atoms with Crippen LogP contribution in [0.1, 0.15) is 42.6 Å². The minimum Gasteiger partial charge on any atom is -0.322 e. The molecule has 2 heterocycles. The molecule has 29 heavy (non-hydrogen) atoms. The highest BCUT2D eigenvalue weighted by Gasteiger charge is 2.25. The summed E-state index contributed by atoms with van der Waals surface area (Å²) in [4.78, 5) is 12.5. The van der Waals surface area contributed by atoms with E-state index in [0.29, 0.717) is 18.8 Å². The predicted molar refractivity (Wildman–Crippen MR) is 114 cm³/mol. The van der Waals surface area contributed by atoms with Crippen LogP contribution in [-0.4, -0.2) is 41.5 Å². The molecule has 7 nitrogen and oxygen atoms in total. The third-order valence-electron chi connectivity index (χ3n) is 5.27. The van der Waals surface area contributed by atoms with Crippen LogP contribution in [0, 0.1) is 13.8 Å². The lowest BCUT2D eigenvalue weighted by Crippen LogP contribution is -2.32. The molecule has 1 aromatic heterocycles. The van der Waals surface area contributed by atoms with Crippen molar-refractivity contribution in [2.24, 2.45) is 7.05 Å². The molecule has 2 aromatic rings. The number of hydrogen-bond donors (Lipinski definition) is 1. The van der Waals surface area contributed by atoms with Gasteiger partial charge in [0.05, 0.1) is 10.6 Å². The van der Waals surface area contributed by atoms with Gasteiger partial charge in [-0.15, -0.1) is 0 Å². The highest BCUT2D eigenvalue weighted by molar-refractivity contribution is 7.89. The average molecular weight is 417 g/mol. The molecule has 1 N–H and O–H groups in total. The van der Waals surface area contributed by atoms with E-state index in [-0.39, 0.29) is 10.8 Å². The minimum atomic E-state index is -3.55. The van der Waals surface area contributed by atoms with Crippen LogP contribution >= 0.6 is 0 Å². The number of nitrogens with zero attached hydrogens (tertiary/aromatic N) is 3. The summed E-state index contributed by atoms with van der Waals surface area (Å²) in [6, 6.07) is 6.44. The average Bonchev–Trinajstić information content (AvgIpc) is 2.89. The Morgan fingerprint density at radius 3 is 2.45 bits per heavy atom. The Balaban J connectivity index is 1.74. The van der Waals surface area contributed by atoms with Gasteiger partial charge in [0.25, 0.3) is 0 Å². The number of aryl methyl sites for hydroxylation is 2. The lowest BCUT2D eigenvalue weighted by molar-refractivity contribution is -0.111. The highest BCUT2D eigenvalue weighted by atomic mass is 32.2. The number of carbonyl (C=O) groups excluding carboxylic acids is 1. The molecule has 1 saturated heterocycles. The standard InChI is InChI=1S/C21H28N4O3S/c1-16-20(17(2)24(3)23-16)11-12-21(26)22-18-9-8-10-19(15-18)29(27,28)25-13-6-4-5-7-14-25/h8-12,15H,4-7,13-14H2,1-3H3,(H,22,26). The van der Waals surface area contributed by atoms with Crippen LogP contribution in [0.15, 0.2) is 35.2 Å². The third-order valence-corrected chi connectivity index (χ3v) is 7.17. The van der Waals surface area contributed by atoms with Crippen molar-refractivity contribution in [3.05, 3.63) is 47.3 Å². The highest BCUT2D eigenvalue weighted by Crippen LogP contribution is 2.23. The van der Waals surface area contributed by atoms with E-state index in [0.717, 1.165) is 42.6 Å². The number of sulfonamides is 1. The molecule has 0 atom stereocenters. The van der Waals surface area contributed by atoms with Gasteiger partial charge in [0.1, 0.15) is 0 Å². The van der Waals surface area contributed by atoms with Gasteiger partial charge in [-0.05, 0) is 51.0 Å². The number of anilines is 1. The molecule has 0 unspecified atom stereocenters. The molecular formula is C21H28N4O3S. The number of hydrogen-bond acceptors (Lipinski definition) is 4. The summed E-state index contributed by atoms with van der Waals surface area (Å²) in [5.41, 5.74) is 3.17. The number of rotatable bonds is 5. The van der Waals surface area contributed by atoms with E-state index in [9.17, 15) is 13.2 Å². The fourth-order valence-electron chi connectivity index (χ4n) is 3.54. The van der Waals surface area contributed by atoms with Gasteiger partial charge in [0, 0.05) is 43.2 Å². The number of aromatic nitrogens is 2. The van der Waals surface area contributed by atoms with E-state index >= 15 is 0 Å². The van der Waals surface area contributed by atoms with Gasteiger partial charge in [-0.2, -0.15) is 9.40 Å². The molecule has 0 bridgehead atoms. The molecule has 0 radical (unpaired) electrons. The van der Waals surface area contributed by atoms with Gasteiger partial charge in [0.15, 0.2) is 0 Å². The van der Waals surface area contributed by atoms with Crippen molar-refractivity contribution in [2.75, 3.05) is 18.4 Å². The first-order valence-corrected chi connectivity index (χ1v) is 11.3. The van der Waals surface area contributed by atoms with Crippen LogP contribution in [0.3, 0.4) is 0 Å². The van der Waals surface area contributed by atoms with Gasteiger partial charge in [-0.25, -0.2) is 8.42 Å². The van der Waals surface area contributed by atoms with Gasteiger partial charge in [-0.3, -0.25) is 9.48 Å². The Kier molecular flexibility index (Phi) is 6.54. The van der Waals surface area contributed by atoms with E-state index in [4.69, 9.17) is 0 Å². The quantitative estimate of drug-likeness (QED) is 0.759. The summed E-state index contributed by atoms with van der Waals surface area (Å²) in [6.07, 6.45) is 7.05. The van der Waals surface area contributed by atoms with E-state index in [1.54, 1.807) is 33.3 Å². The second kappa shape index (κ2) is 8.92. The Morgan fingerprint density at radius 1 is 1.14 bits per heavy atom. The molecule has 156 valence electrons. The third kappa shape index (κ3) is 4.94. The maximum absolute atomic E-state index is 13.0. The summed E-state index contributed by atoms with van der Waals surface area (Å²) >= 11 is 0. The molecule has 3 rings (SSSR count). The van der Waals surface area contributed by atoms with Crippen molar-refractivity contribution in [3.63, 3.8) is 0 Å². The van der Waals surface area contributed by atoms with Crippen molar-refractivity contribution in [1.82, 2.24) is 14.1 Å². The zero-order valence-corrected chi connectivity index (χ0v) is 18.0. The summed E-state index contributed by atoms with van der Waals surface area (Å²) in [5, 5.41) is 7.07. The van der Waals surface area contributed by atoms with Crippen LogP contribution in [0.2, 0.25) is 0 Å². The van der Waals surface area contributed by atoms with E-state index in [1.165, 1.54) is 12.1 Å². The van der Waals surface area contributed by atoms with Gasteiger partial charge in [-0.1, -0.05) is 18.9 Å². The molecule has 0 spiro atoms. The Hall–Kier alpha value is -2.45. The summed E-state index contributed by atoms with van der Waals surface area (Å²) in [7, 11) is -1.70. The van der Waals surface area contributed by atoms with Gasteiger partial charge < -0.3 is 5.32 Å². The Bertz CT molecular complexity index is 1020. The van der Waals surface area contributed by atoms with Crippen molar-refractivity contribution in [3.8, 4) is 0 Å². The zero-order chi connectivity index (χ0) is 21.0. The van der Waals surface area contributed by atoms with Crippen molar-refractivity contribution < 1.29 is 13.2 Å². The van der Waals surface area contributed by atoms with Crippen molar-refractivity contribution in [1.29, 1.82) is 0 Å². The Morgan fingerprint density at radius 2 is 1.83 bits per heavy atom. The van der Waals surface area contributed by atoms with Crippen molar-refractivity contribution >= 4 is 27.7 Å². The number of amides is 1. The van der Waals surface area contributed by atoms with Crippen LogP contribution < -0.4 is 5.32 Å². The molecule has 1 aliphatic heterocycles. The molecule has 8 heteroatoms. The fourth-order valence-corrected chi connectivity index (χ4v) is 5.10. The predicted octanol–water partition coefficient (Wildman–Crippen LogP) is 3.25. The molecule has 0 aliphatic carbocycles. The van der Waals surface area contributed by atoms with E-state index in [2.05, 4.69) is 10.4 Å². The topological polar surface area (TPSA) is 84.3 Å². The number of nitrogens with one attached hydrogen (secondary N) is 1. The lowest BCUT2D eigenvalue weighted by atomic mass is 10.2. The van der Waals surface area contributed by atoms with Crippen LogP contribution in [0.5, 0.6) is 0 Å². The second-order valence-corrected chi connectivity index (χ2v) is 9.31. The normalized spacial score (nSPS) is 16.1. The van der Waals surface area contributed by atoms with Crippen LogP contribution in [0.4, 0.5) is 5.69 Å². The first-order valence-electron chi connectivity index (χ1n) is 9.88. The smallest absolute Gasteiger partial charge is 0.248 e. The molecule has 1 aliphatic rings. The monoisotopic (exact) mass is 416 g/mol. The number of carbonyl (C=O) groups is 1. The van der Waals surface area contributed by atoms with E-state index in [1.807, 2.05) is 20.9 Å². The molecule has 0 saturated carbocycles. The van der Waals surface area contributed by atoms with E-state index < -0.39 is 10.0 Å². The van der Waals surface area contributed by atoms with Crippen LogP contribution in [-0.2, 0) is 21.9 Å². The first kappa shape index (κ1) is 21.3. The zero-order valence-electron chi connectivity index (χ0n) is 17.2. The Labute approximate surface area is 172 Å². The lowest BCUT2D eigenvalue weighted by Gasteiger charge is -2.20. The molecule has 1 fully saturated rings. The summed E-state index contributed by atoms with van der Waals surface area (Å²) in [5.74, 6) is -0.322. The first-order chi connectivity index (χ1) is 13.8. The minimum absolute atomic E-state index is 0.208. The molecule has 1 amide bonds. The SMILES string of the molecule is Cc1nn(C)c(C)c1C=CC(=O)Nc1cccc(S(=O)(=O)N2CCCCCC2)c1. The van der Waals surface area contributed by atoms with Crippen molar-refractivity contribution in [2.45, 2.75) is 44.4 Å². The van der Waals surface area contributed by atoms with Gasteiger partial charge in [0.2, 0.25) is 15.9 Å². The maximum atomic E-state index is 13.0. The molecular weight excluding hydrogens is 388 g/mol. The maximum Gasteiger partial charge on any atom is 0.248 e. The van der Waals surface area contributed by atoms with Crippen LogP contribution in [0.25, 0.3) is 6.08 Å². The summed E-state index contributed by atoms with van der Waals surface area (Å²) in [6.45, 7) is 4.92.